The minimum Gasteiger partial charge on any atom is -0.463 e. The molecule has 35 heavy (non-hydrogen) atoms. The first-order valence-corrected chi connectivity index (χ1v) is 11.6. The summed E-state index contributed by atoms with van der Waals surface area (Å²) < 4.78 is 6.95. The molecule has 0 saturated carbocycles. The summed E-state index contributed by atoms with van der Waals surface area (Å²) in [7, 11) is 3.61. The molecule has 5 rings (SSSR count). The van der Waals surface area contributed by atoms with Gasteiger partial charge in [0.1, 0.15) is 5.69 Å². The van der Waals surface area contributed by atoms with Gasteiger partial charge in [0.2, 0.25) is 11.9 Å². The molecule has 3 N–H and O–H groups in total. The van der Waals surface area contributed by atoms with E-state index in [1.165, 1.54) is 4.52 Å². The minimum atomic E-state index is -0.0680. The molecule has 1 amide bonds. The third-order valence-electron chi connectivity index (χ3n) is 6.30. The van der Waals surface area contributed by atoms with Gasteiger partial charge in [-0.05, 0) is 36.4 Å². The number of nitrogens with two attached hydrogens (primary N) is 1. The highest BCUT2D eigenvalue weighted by atomic mass is 16.3. The van der Waals surface area contributed by atoms with Crippen molar-refractivity contribution in [2.45, 2.75) is 0 Å². The highest BCUT2D eigenvalue weighted by Gasteiger charge is 2.19. The number of nitrogen functional groups attached to an aromatic ring is 1. The Morgan fingerprint density at radius 3 is 2.60 bits per heavy atom. The zero-order valence-corrected chi connectivity index (χ0v) is 19.9. The van der Waals surface area contributed by atoms with Crippen LogP contribution >= 0.6 is 0 Å². The van der Waals surface area contributed by atoms with Gasteiger partial charge in [-0.25, -0.2) is 0 Å². The molecule has 11 heteroatoms. The SMILES string of the molecule is CNC(=O)c1ccc(N2CCN(CCN(C)c3nc(N)n4nc(-c5ccco5)cc4n3)CC2)cc1. The zero-order chi connectivity index (χ0) is 24.4. The second-order valence-electron chi connectivity index (χ2n) is 8.53. The molecule has 1 aliphatic rings. The molecule has 0 atom stereocenters. The number of benzene rings is 1. The van der Waals surface area contributed by atoms with Gasteiger partial charge in [-0.1, -0.05) is 0 Å². The van der Waals surface area contributed by atoms with Crippen LogP contribution in [0.25, 0.3) is 17.1 Å². The number of furan rings is 1. The van der Waals surface area contributed by atoms with E-state index in [-0.39, 0.29) is 11.9 Å². The van der Waals surface area contributed by atoms with E-state index in [1.807, 2.05) is 54.4 Å². The van der Waals surface area contributed by atoms with E-state index in [4.69, 9.17) is 10.2 Å². The number of likely N-dealkylation sites (N-methyl/N-ethyl adjacent to an activating group) is 1. The van der Waals surface area contributed by atoms with Crippen LogP contribution in [-0.2, 0) is 0 Å². The Hall–Kier alpha value is -4.12. The van der Waals surface area contributed by atoms with E-state index in [9.17, 15) is 4.79 Å². The van der Waals surface area contributed by atoms with Crippen LogP contribution in [0, 0.1) is 0 Å². The van der Waals surface area contributed by atoms with E-state index in [0.717, 1.165) is 45.0 Å². The third kappa shape index (κ3) is 4.76. The summed E-state index contributed by atoms with van der Waals surface area (Å²) in [6.45, 7) is 5.46. The molecule has 3 aromatic heterocycles. The van der Waals surface area contributed by atoms with Gasteiger partial charge in [0.05, 0.1) is 6.26 Å². The number of nitrogens with zero attached hydrogens (tertiary/aromatic N) is 7. The number of nitrogens with one attached hydrogen (secondary N) is 1. The van der Waals surface area contributed by atoms with Crippen LogP contribution in [0.15, 0.2) is 53.1 Å². The van der Waals surface area contributed by atoms with Crippen molar-refractivity contribution in [1.29, 1.82) is 0 Å². The van der Waals surface area contributed by atoms with Gasteiger partial charge in [-0.3, -0.25) is 9.69 Å². The third-order valence-corrected chi connectivity index (χ3v) is 6.30. The van der Waals surface area contributed by atoms with Crippen molar-refractivity contribution in [3.63, 3.8) is 0 Å². The second-order valence-corrected chi connectivity index (χ2v) is 8.53. The maximum absolute atomic E-state index is 11.7. The Kier molecular flexibility index (Phi) is 6.23. The molecule has 11 nitrogen and oxygen atoms in total. The number of hydrogen-bond acceptors (Lipinski definition) is 9. The highest BCUT2D eigenvalue weighted by molar-refractivity contribution is 5.94. The molecule has 0 spiro atoms. The monoisotopic (exact) mass is 475 g/mol. The Balaban J connectivity index is 1.16. The summed E-state index contributed by atoms with van der Waals surface area (Å²) in [4.78, 5) is 27.6. The molecule has 0 bridgehead atoms. The minimum absolute atomic E-state index is 0.0680. The Bertz CT molecular complexity index is 1290. The number of aromatic nitrogens is 4. The van der Waals surface area contributed by atoms with Gasteiger partial charge in [0.25, 0.3) is 5.91 Å². The second kappa shape index (κ2) is 9.63. The number of anilines is 3. The summed E-state index contributed by atoms with van der Waals surface area (Å²) in [5.74, 6) is 1.44. The van der Waals surface area contributed by atoms with E-state index in [0.29, 0.717) is 28.6 Å². The normalized spacial score (nSPS) is 14.4. The molecule has 4 aromatic rings. The Morgan fingerprint density at radius 2 is 1.91 bits per heavy atom. The molecular weight excluding hydrogens is 446 g/mol. The predicted octanol–water partition coefficient (Wildman–Crippen LogP) is 1.58. The van der Waals surface area contributed by atoms with Gasteiger partial charge in [-0.15, -0.1) is 0 Å². The van der Waals surface area contributed by atoms with Gasteiger partial charge in [0, 0.05) is 70.7 Å². The van der Waals surface area contributed by atoms with Gasteiger partial charge >= 0.3 is 0 Å². The Morgan fingerprint density at radius 1 is 1.14 bits per heavy atom. The van der Waals surface area contributed by atoms with E-state index in [1.54, 1.807) is 13.3 Å². The van der Waals surface area contributed by atoms with Crippen LogP contribution in [0.5, 0.6) is 0 Å². The van der Waals surface area contributed by atoms with Crippen molar-refractivity contribution in [1.82, 2.24) is 29.8 Å². The van der Waals surface area contributed by atoms with Crippen LogP contribution in [0.4, 0.5) is 17.6 Å². The summed E-state index contributed by atoms with van der Waals surface area (Å²) in [5.41, 5.74) is 9.26. The number of rotatable bonds is 7. The fraction of sp³-hybridized carbons (Fsp3) is 0.333. The first-order chi connectivity index (χ1) is 17.0. The van der Waals surface area contributed by atoms with Gasteiger partial charge in [0.15, 0.2) is 11.4 Å². The van der Waals surface area contributed by atoms with E-state index in [2.05, 4.69) is 30.2 Å². The molecule has 0 aliphatic carbocycles. The molecule has 4 heterocycles. The van der Waals surface area contributed by atoms with Gasteiger partial charge < -0.3 is 25.3 Å². The maximum atomic E-state index is 11.7. The average molecular weight is 476 g/mol. The molecular formula is C24H29N9O2. The number of piperazine rings is 1. The number of fused-ring (bicyclic) bond motifs is 1. The van der Waals surface area contributed by atoms with Crippen molar-refractivity contribution in [2.75, 3.05) is 68.9 Å². The Labute approximate surface area is 203 Å². The van der Waals surface area contributed by atoms with Crippen LogP contribution in [0.3, 0.4) is 0 Å². The maximum Gasteiger partial charge on any atom is 0.251 e. The standard InChI is InChI=1S/C24H29N9O2/c1-26-22(34)17-5-7-18(8-6-17)32-13-11-31(12-14-32)10-9-30(2)24-27-21-16-19(20-4-3-15-35-20)29-33(21)23(25)28-24/h3-8,15-16H,9-14H2,1-2H3,(H,26,34)(H2,25,27,28). The lowest BCUT2D eigenvalue weighted by Gasteiger charge is -2.36. The van der Waals surface area contributed by atoms with Crippen LogP contribution in [0.2, 0.25) is 0 Å². The lowest BCUT2D eigenvalue weighted by atomic mass is 10.1. The topological polar surface area (TPSA) is 121 Å². The lowest BCUT2D eigenvalue weighted by molar-refractivity contribution is 0.0963. The van der Waals surface area contributed by atoms with Crippen LogP contribution in [-0.4, -0.2) is 83.8 Å². The van der Waals surface area contributed by atoms with Crippen LogP contribution < -0.4 is 20.9 Å². The number of carbonyl (C=O) groups excluding carboxylic acids is 1. The van der Waals surface area contributed by atoms with Crippen molar-refractivity contribution in [2.24, 2.45) is 0 Å². The van der Waals surface area contributed by atoms with Crippen LogP contribution in [0.1, 0.15) is 10.4 Å². The predicted molar refractivity (Wildman–Crippen MR) is 135 cm³/mol. The van der Waals surface area contributed by atoms with Crippen molar-refractivity contribution >= 4 is 29.1 Å². The molecule has 182 valence electrons. The van der Waals surface area contributed by atoms with Crippen molar-refractivity contribution in [3.8, 4) is 11.5 Å². The number of carbonyl (C=O) groups is 1. The number of amides is 1. The highest BCUT2D eigenvalue weighted by Crippen LogP contribution is 2.22. The summed E-state index contributed by atoms with van der Waals surface area (Å²) in [6.07, 6.45) is 1.61. The average Bonchev–Trinajstić information content (AvgIpc) is 3.58. The fourth-order valence-corrected chi connectivity index (χ4v) is 4.20. The molecule has 1 aliphatic heterocycles. The smallest absolute Gasteiger partial charge is 0.251 e. The van der Waals surface area contributed by atoms with Crippen molar-refractivity contribution in [3.05, 3.63) is 54.3 Å². The fourth-order valence-electron chi connectivity index (χ4n) is 4.20. The molecule has 1 aromatic carbocycles. The summed E-state index contributed by atoms with van der Waals surface area (Å²) in [6, 6.07) is 13.3. The van der Waals surface area contributed by atoms with E-state index >= 15 is 0 Å². The van der Waals surface area contributed by atoms with Gasteiger partial charge in [-0.2, -0.15) is 19.6 Å². The molecule has 1 saturated heterocycles. The molecule has 0 radical (unpaired) electrons. The van der Waals surface area contributed by atoms with Crippen molar-refractivity contribution < 1.29 is 9.21 Å². The number of hydrogen-bond donors (Lipinski definition) is 2. The zero-order valence-electron chi connectivity index (χ0n) is 19.9. The molecule has 0 unspecified atom stereocenters. The quantitative estimate of drug-likeness (QED) is 0.410. The lowest BCUT2D eigenvalue weighted by Crippen LogP contribution is -2.48. The largest absolute Gasteiger partial charge is 0.463 e. The van der Waals surface area contributed by atoms with E-state index < -0.39 is 0 Å². The molecule has 1 fully saturated rings. The first-order valence-electron chi connectivity index (χ1n) is 11.6. The summed E-state index contributed by atoms with van der Waals surface area (Å²) >= 11 is 0. The summed E-state index contributed by atoms with van der Waals surface area (Å²) in [5, 5.41) is 7.10. The first kappa shape index (κ1) is 22.7.